The van der Waals surface area contributed by atoms with Crippen LogP contribution in [-0.4, -0.2) is 22.1 Å². The minimum Gasteiger partial charge on any atom is -0.467 e. The van der Waals surface area contributed by atoms with E-state index < -0.39 is 0 Å². The van der Waals surface area contributed by atoms with Crippen LogP contribution in [-0.2, 0) is 13.1 Å². The first-order valence-corrected chi connectivity index (χ1v) is 7.63. The third-order valence-corrected chi connectivity index (χ3v) is 3.52. The van der Waals surface area contributed by atoms with Crippen molar-refractivity contribution < 1.29 is 4.74 Å². The molecule has 0 fully saturated rings. The van der Waals surface area contributed by atoms with Gasteiger partial charge in [-0.25, -0.2) is 0 Å². The van der Waals surface area contributed by atoms with E-state index in [0.29, 0.717) is 19.0 Å². The minimum absolute atomic E-state index is 0.142. The Balaban J connectivity index is 1.93. The molecule has 6 heteroatoms. The molecule has 0 unspecified atom stereocenters. The average Bonchev–Trinajstić information content (AvgIpc) is 2.62. The first-order valence-electron chi connectivity index (χ1n) is 7.63. The number of nitrogens with zero attached hydrogens (tertiary/aromatic N) is 4. The summed E-state index contributed by atoms with van der Waals surface area (Å²) in [5.74, 6) is 0.634. The van der Waals surface area contributed by atoms with Crippen LogP contribution < -0.4 is 15.4 Å². The van der Waals surface area contributed by atoms with E-state index in [1.54, 1.807) is 0 Å². The predicted molar refractivity (Wildman–Crippen MR) is 93.6 cm³/mol. The maximum Gasteiger partial charge on any atom is 0.322 e. The van der Waals surface area contributed by atoms with Gasteiger partial charge in [0.1, 0.15) is 0 Å². The fraction of sp³-hybridized carbons (Fsp3) is 0.167. The van der Waals surface area contributed by atoms with Crippen molar-refractivity contribution in [2.75, 3.05) is 17.7 Å². The monoisotopic (exact) mass is 321 g/mol. The molecule has 3 rings (SSSR count). The summed E-state index contributed by atoms with van der Waals surface area (Å²) in [5, 5.41) is 0. The summed E-state index contributed by atoms with van der Waals surface area (Å²) in [6.07, 6.45) is 0. The fourth-order valence-electron chi connectivity index (χ4n) is 2.40. The number of anilines is 2. The van der Waals surface area contributed by atoms with Gasteiger partial charge in [0.15, 0.2) is 0 Å². The highest BCUT2D eigenvalue weighted by Crippen LogP contribution is 2.19. The molecule has 0 bridgehead atoms. The van der Waals surface area contributed by atoms with E-state index in [1.807, 2.05) is 41.3 Å². The number of rotatable bonds is 6. The Labute approximate surface area is 141 Å². The number of nitrogen functional groups attached to an aromatic ring is 1. The molecule has 2 N–H and O–H groups in total. The highest BCUT2D eigenvalue weighted by atomic mass is 16.5. The zero-order chi connectivity index (χ0) is 16.8. The third kappa shape index (κ3) is 3.98. The van der Waals surface area contributed by atoms with Crippen molar-refractivity contribution in [3.8, 4) is 6.01 Å². The molecule has 6 nitrogen and oxygen atoms in total. The summed E-state index contributed by atoms with van der Waals surface area (Å²) in [6, 6.07) is 20.5. The minimum atomic E-state index is 0.142. The Morgan fingerprint density at radius 3 is 1.88 bits per heavy atom. The Kier molecular flexibility index (Phi) is 4.86. The number of hydrogen-bond acceptors (Lipinski definition) is 6. The second-order valence-corrected chi connectivity index (χ2v) is 5.31. The van der Waals surface area contributed by atoms with Crippen molar-refractivity contribution in [2.45, 2.75) is 13.1 Å². The van der Waals surface area contributed by atoms with Gasteiger partial charge in [-0.2, -0.15) is 15.0 Å². The van der Waals surface area contributed by atoms with Gasteiger partial charge in [-0.05, 0) is 11.1 Å². The lowest BCUT2D eigenvalue weighted by molar-refractivity contribution is 0.378. The zero-order valence-corrected chi connectivity index (χ0v) is 13.5. The maximum atomic E-state index is 5.79. The molecule has 0 radical (unpaired) electrons. The second kappa shape index (κ2) is 7.41. The summed E-state index contributed by atoms with van der Waals surface area (Å²) >= 11 is 0. The molecule has 0 atom stereocenters. The smallest absolute Gasteiger partial charge is 0.322 e. The van der Waals surface area contributed by atoms with Crippen LogP contribution in [0.25, 0.3) is 0 Å². The first-order chi connectivity index (χ1) is 11.7. The summed E-state index contributed by atoms with van der Waals surface area (Å²) in [7, 11) is 1.51. The zero-order valence-electron chi connectivity index (χ0n) is 13.5. The van der Waals surface area contributed by atoms with Crippen LogP contribution >= 0.6 is 0 Å². The molecule has 2 aromatic carbocycles. The van der Waals surface area contributed by atoms with Crippen molar-refractivity contribution >= 4 is 11.9 Å². The standard InChI is InChI=1S/C18H19N5O/c1-24-18-21-16(19)20-17(22-18)23(12-14-8-4-2-5-9-14)13-15-10-6-3-7-11-15/h2-11H,12-13H2,1H3,(H2,19,20,21,22). The molecular formula is C18H19N5O. The Bertz CT molecular complexity index is 738. The van der Waals surface area contributed by atoms with Crippen molar-refractivity contribution in [1.82, 2.24) is 15.0 Å². The van der Waals surface area contributed by atoms with Crippen molar-refractivity contribution in [2.24, 2.45) is 0 Å². The van der Waals surface area contributed by atoms with Gasteiger partial charge in [-0.15, -0.1) is 0 Å². The lowest BCUT2D eigenvalue weighted by Gasteiger charge is -2.23. The summed E-state index contributed by atoms with van der Waals surface area (Å²) < 4.78 is 5.12. The first kappa shape index (κ1) is 15.7. The van der Waals surface area contributed by atoms with Crippen LogP contribution in [0.15, 0.2) is 60.7 Å². The van der Waals surface area contributed by atoms with Gasteiger partial charge in [-0.1, -0.05) is 60.7 Å². The maximum absolute atomic E-state index is 5.79. The number of methoxy groups -OCH3 is 1. The molecule has 0 aliphatic carbocycles. The normalized spacial score (nSPS) is 10.4. The fourth-order valence-corrected chi connectivity index (χ4v) is 2.40. The van der Waals surface area contributed by atoms with E-state index in [-0.39, 0.29) is 12.0 Å². The van der Waals surface area contributed by atoms with Gasteiger partial charge < -0.3 is 15.4 Å². The van der Waals surface area contributed by atoms with Crippen LogP contribution in [0, 0.1) is 0 Å². The third-order valence-electron chi connectivity index (χ3n) is 3.52. The van der Waals surface area contributed by atoms with Crippen molar-refractivity contribution in [3.05, 3.63) is 71.8 Å². The van der Waals surface area contributed by atoms with Crippen LogP contribution in [0.1, 0.15) is 11.1 Å². The summed E-state index contributed by atoms with van der Waals surface area (Å²) in [6.45, 7) is 1.31. The van der Waals surface area contributed by atoms with Crippen molar-refractivity contribution in [3.63, 3.8) is 0 Å². The Morgan fingerprint density at radius 1 is 0.833 bits per heavy atom. The van der Waals surface area contributed by atoms with E-state index in [0.717, 1.165) is 11.1 Å². The van der Waals surface area contributed by atoms with Crippen LogP contribution in [0.5, 0.6) is 6.01 Å². The molecule has 0 saturated heterocycles. The molecule has 24 heavy (non-hydrogen) atoms. The van der Waals surface area contributed by atoms with E-state index >= 15 is 0 Å². The van der Waals surface area contributed by atoms with Gasteiger partial charge in [0.05, 0.1) is 7.11 Å². The van der Waals surface area contributed by atoms with Gasteiger partial charge in [0, 0.05) is 13.1 Å². The molecule has 3 aromatic rings. The number of hydrogen-bond donors (Lipinski definition) is 1. The van der Waals surface area contributed by atoms with E-state index in [2.05, 4.69) is 39.2 Å². The highest BCUT2D eigenvalue weighted by Gasteiger charge is 2.14. The Morgan fingerprint density at radius 2 is 1.38 bits per heavy atom. The number of ether oxygens (including phenoxy) is 1. The average molecular weight is 321 g/mol. The summed E-state index contributed by atoms with van der Waals surface area (Å²) in [5.41, 5.74) is 8.11. The molecule has 1 aromatic heterocycles. The van der Waals surface area contributed by atoms with Crippen molar-refractivity contribution in [1.29, 1.82) is 0 Å². The van der Waals surface area contributed by atoms with Crippen LogP contribution in [0.3, 0.4) is 0 Å². The molecule has 122 valence electrons. The Hall–Kier alpha value is -3.15. The summed E-state index contributed by atoms with van der Waals surface area (Å²) in [4.78, 5) is 14.6. The van der Waals surface area contributed by atoms with E-state index in [1.165, 1.54) is 7.11 Å². The second-order valence-electron chi connectivity index (χ2n) is 5.31. The van der Waals surface area contributed by atoms with Gasteiger partial charge in [0.25, 0.3) is 0 Å². The molecule has 0 saturated carbocycles. The number of benzene rings is 2. The lowest BCUT2D eigenvalue weighted by atomic mass is 10.2. The highest BCUT2D eigenvalue weighted by molar-refractivity contribution is 5.38. The topological polar surface area (TPSA) is 77.2 Å². The van der Waals surface area contributed by atoms with Gasteiger partial charge >= 0.3 is 6.01 Å². The van der Waals surface area contributed by atoms with Crippen LogP contribution in [0.4, 0.5) is 11.9 Å². The lowest BCUT2D eigenvalue weighted by Crippen LogP contribution is -2.25. The molecule has 0 aliphatic heterocycles. The quantitative estimate of drug-likeness (QED) is 0.752. The molecule has 0 spiro atoms. The van der Waals surface area contributed by atoms with Gasteiger partial charge in [-0.3, -0.25) is 0 Å². The predicted octanol–water partition coefficient (Wildman–Crippen LogP) is 2.67. The molecule has 1 heterocycles. The van der Waals surface area contributed by atoms with Gasteiger partial charge in [0.2, 0.25) is 11.9 Å². The number of nitrogens with two attached hydrogens (primary N) is 1. The largest absolute Gasteiger partial charge is 0.467 e. The SMILES string of the molecule is COc1nc(N)nc(N(Cc2ccccc2)Cc2ccccc2)n1. The van der Waals surface area contributed by atoms with Crippen LogP contribution in [0.2, 0.25) is 0 Å². The number of aromatic nitrogens is 3. The van der Waals surface area contributed by atoms with E-state index in [4.69, 9.17) is 10.5 Å². The van der Waals surface area contributed by atoms with E-state index in [9.17, 15) is 0 Å². The molecular weight excluding hydrogens is 302 g/mol. The molecule has 0 amide bonds. The molecule has 0 aliphatic rings.